The van der Waals surface area contributed by atoms with Crippen molar-refractivity contribution in [1.29, 1.82) is 0 Å². The van der Waals surface area contributed by atoms with E-state index >= 15 is 0 Å². The van der Waals surface area contributed by atoms with Gasteiger partial charge in [-0.3, -0.25) is 9.59 Å². The number of hydrogen-bond acceptors (Lipinski definition) is 5. The van der Waals surface area contributed by atoms with E-state index in [1.165, 1.54) is 12.2 Å². The van der Waals surface area contributed by atoms with Gasteiger partial charge in [0.05, 0.1) is 5.29 Å². The number of carbonyl (C=O) groups excluding carboxylic acids is 2. The topological polar surface area (TPSA) is 78.8 Å². The fourth-order valence-electron chi connectivity index (χ4n) is 2.00. The number of amides is 1. The van der Waals surface area contributed by atoms with Crippen LogP contribution in [0.1, 0.15) is 24.2 Å². The molecule has 1 aromatic rings. The highest BCUT2D eigenvalue weighted by molar-refractivity contribution is 5.99. The van der Waals surface area contributed by atoms with Gasteiger partial charge in [-0.05, 0) is 31.2 Å². The van der Waals surface area contributed by atoms with E-state index in [-0.39, 0.29) is 11.7 Å². The van der Waals surface area contributed by atoms with Crippen LogP contribution in [0.5, 0.6) is 0 Å². The van der Waals surface area contributed by atoms with Gasteiger partial charge in [0, 0.05) is 37.3 Å². The normalized spacial score (nSPS) is 12.8. The number of anilines is 1. The third-order valence-electron chi connectivity index (χ3n) is 3.25. The molecule has 1 rings (SSSR count). The lowest BCUT2D eigenvalue weighted by Crippen LogP contribution is -2.13. The molecule has 0 spiro atoms. The number of carbonyl (C=O) groups is 2. The molecule has 0 heterocycles. The Balaban J connectivity index is 2.77. The van der Waals surface area contributed by atoms with E-state index in [0.29, 0.717) is 5.56 Å². The molecule has 122 valence electrons. The van der Waals surface area contributed by atoms with Crippen LogP contribution in [0.15, 0.2) is 53.4 Å². The third kappa shape index (κ3) is 5.86. The van der Waals surface area contributed by atoms with Crippen LogP contribution < -0.4 is 10.3 Å². The summed E-state index contributed by atoms with van der Waals surface area (Å²) in [6.45, 7) is 3.57. The second-order valence-electron chi connectivity index (χ2n) is 5.41. The Kier molecular flexibility index (Phi) is 6.86. The standard InChI is InChI=1S/C17H21N3O3/c1-12(5-10-16(21)18-19-23)11-13(2)17(22)14-6-8-15(9-7-14)20(3)4/h5-11,13H,1-4H3,(H,18,21,23)/b10-5+,12-11+/t13-/m1/s1. The van der Waals surface area contributed by atoms with Gasteiger partial charge in [0.15, 0.2) is 5.78 Å². The van der Waals surface area contributed by atoms with Crippen molar-refractivity contribution < 1.29 is 9.59 Å². The van der Waals surface area contributed by atoms with E-state index in [9.17, 15) is 14.5 Å². The number of ketones is 1. The summed E-state index contributed by atoms with van der Waals surface area (Å²) in [6, 6.07) is 7.40. The smallest absolute Gasteiger partial charge is 0.266 e. The molecule has 0 aromatic heterocycles. The molecule has 1 N–H and O–H groups in total. The van der Waals surface area contributed by atoms with Crippen molar-refractivity contribution in [1.82, 2.24) is 5.43 Å². The molecular weight excluding hydrogens is 294 g/mol. The van der Waals surface area contributed by atoms with Gasteiger partial charge in [-0.25, -0.2) is 5.43 Å². The number of rotatable bonds is 7. The Labute approximate surface area is 135 Å². The van der Waals surface area contributed by atoms with Crippen molar-refractivity contribution >= 4 is 17.4 Å². The Morgan fingerprint density at radius 2 is 1.78 bits per heavy atom. The third-order valence-corrected chi connectivity index (χ3v) is 3.25. The van der Waals surface area contributed by atoms with Gasteiger partial charge in [-0.2, -0.15) is 0 Å². The first-order valence-corrected chi connectivity index (χ1v) is 7.15. The van der Waals surface area contributed by atoms with E-state index in [1.807, 2.05) is 31.1 Å². The molecule has 1 aromatic carbocycles. The summed E-state index contributed by atoms with van der Waals surface area (Å²) >= 11 is 0. The van der Waals surface area contributed by atoms with Crippen molar-refractivity contribution in [2.75, 3.05) is 19.0 Å². The minimum absolute atomic E-state index is 0.00191. The number of nitrogens with one attached hydrogen (secondary N) is 1. The maximum absolute atomic E-state index is 12.4. The number of Topliss-reactive ketones (excluding diaryl/α,β-unsaturated/α-hetero) is 1. The largest absolute Gasteiger partial charge is 0.378 e. The van der Waals surface area contributed by atoms with Gasteiger partial charge in [0.1, 0.15) is 0 Å². The molecule has 0 unspecified atom stereocenters. The van der Waals surface area contributed by atoms with Crippen LogP contribution in [0.3, 0.4) is 0 Å². The summed E-state index contributed by atoms with van der Waals surface area (Å²) in [4.78, 5) is 35.3. The molecular formula is C17H21N3O3. The molecule has 0 aliphatic rings. The Bertz CT molecular complexity index is 631. The van der Waals surface area contributed by atoms with Crippen LogP contribution in [0, 0.1) is 10.8 Å². The number of benzene rings is 1. The SMILES string of the molecule is CC(/C=C/C(=O)NN=O)=C\[C@@H](C)C(=O)c1ccc(N(C)C)cc1. The molecule has 0 bridgehead atoms. The first-order chi connectivity index (χ1) is 10.8. The molecule has 1 atom stereocenters. The van der Waals surface area contributed by atoms with Crippen molar-refractivity contribution in [3.63, 3.8) is 0 Å². The lowest BCUT2D eigenvalue weighted by atomic mass is 9.97. The van der Waals surface area contributed by atoms with Crippen LogP contribution in [-0.4, -0.2) is 25.8 Å². The second kappa shape index (κ2) is 8.63. The minimum Gasteiger partial charge on any atom is -0.378 e. The van der Waals surface area contributed by atoms with Gasteiger partial charge >= 0.3 is 0 Å². The van der Waals surface area contributed by atoms with Gasteiger partial charge in [0.2, 0.25) is 0 Å². The summed E-state index contributed by atoms with van der Waals surface area (Å²) in [6.07, 6.45) is 4.48. The summed E-state index contributed by atoms with van der Waals surface area (Å²) in [5.41, 5.74) is 4.17. The zero-order chi connectivity index (χ0) is 17.4. The highest BCUT2D eigenvalue weighted by Gasteiger charge is 2.13. The maximum atomic E-state index is 12.4. The molecule has 0 aliphatic heterocycles. The Morgan fingerprint density at radius 1 is 1.17 bits per heavy atom. The van der Waals surface area contributed by atoms with Crippen LogP contribution in [0.4, 0.5) is 5.69 Å². The van der Waals surface area contributed by atoms with Crippen molar-refractivity contribution in [2.45, 2.75) is 13.8 Å². The fourth-order valence-corrected chi connectivity index (χ4v) is 2.00. The van der Waals surface area contributed by atoms with Crippen molar-refractivity contribution in [2.24, 2.45) is 11.2 Å². The molecule has 0 saturated heterocycles. The highest BCUT2D eigenvalue weighted by Crippen LogP contribution is 2.17. The predicted octanol–water partition coefficient (Wildman–Crippen LogP) is 2.87. The van der Waals surface area contributed by atoms with Crippen LogP contribution in [0.25, 0.3) is 0 Å². The van der Waals surface area contributed by atoms with Gasteiger partial charge < -0.3 is 4.90 Å². The average molecular weight is 315 g/mol. The molecule has 0 saturated carbocycles. The zero-order valence-electron chi connectivity index (χ0n) is 13.7. The number of hydrogen-bond donors (Lipinski definition) is 1. The summed E-state index contributed by atoms with van der Waals surface area (Å²) in [5, 5.41) is 2.28. The molecule has 0 radical (unpaired) electrons. The summed E-state index contributed by atoms with van der Waals surface area (Å²) in [5.74, 6) is -0.926. The first kappa shape index (κ1) is 18.3. The molecule has 1 amide bonds. The molecule has 23 heavy (non-hydrogen) atoms. The van der Waals surface area contributed by atoms with Crippen molar-refractivity contribution in [3.05, 3.63) is 58.5 Å². The number of nitrogens with zero attached hydrogens (tertiary/aromatic N) is 2. The first-order valence-electron chi connectivity index (χ1n) is 7.15. The van der Waals surface area contributed by atoms with E-state index < -0.39 is 5.91 Å². The van der Waals surface area contributed by atoms with Crippen LogP contribution >= 0.6 is 0 Å². The molecule has 0 aliphatic carbocycles. The lowest BCUT2D eigenvalue weighted by Gasteiger charge is -2.13. The second-order valence-corrected chi connectivity index (χ2v) is 5.41. The number of nitroso groups, excluding NO2 is 1. The highest BCUT2D eigenvalue weighted by atomic mass is 16.3. The number of allylic oxidation sites excluding steroid dienone is 3. The minimum atomic E-state index is -0.606. The van der Waals surface area contributed by atoms with E-state index in [1.54, 1.807) is 37.5 Å². The van der Waals surface area contributed by atoms with Gasteiger partial charge in [-0.15, -0.1) is 4.91 Å². The van der Waals surface area contributed by atoms with E-state index in [0.717, 1.165) is 11.3 Å². The van der Waals surface area contributed by atoms with Crippen LogP contribution in [-0.2, 0) is 4.79 Å². The molecule has 6 heteroatoms. The summed E-state index contributed by atoms with van der Waals surface area (Å²) < 4.78 is 0. The van der Waals surface area contributed by atoms with E-state index in [4.69, 9.17) is 0 Å². The maximum Gasteiger partial charge on any atom is 0.266 e. The van der Waals surface area contributed by atoms with E-state index in [2.05, 4.69) is 5.29 Å². The lowest BCUT2D eigenvalue weighted by molar-refractivity contribution is -0.116. The van der Waals surface area contributed by atoms with Crippen molar-refractivity contribution in [3.8, 4) is 0 Å². The quantitative estimate of drug-likeness (QED) is 0.276. The van der Waals surface area contributed by atoms with Gasteiger partial charge in [-0.1, -0.05) is 24.6 Å². The summed E-state index contributed by atoms with van der Waals surface area (Å²) in [7, 11) is 3.88. The Hall–Kier alpha value is -2.76. The fraction of sp³-hybridized carbons (Fsp3) is 0.294. The molecule has 0 fully saturated rings. The predicted molar refractivity (Wildman–Crippen MR) is 91.1 cm³/mol. The van der Waals surface area contributed by atoms with Gasteiger partial charge in [0.25, 0.3) is 5.91 Å². The van der Waals surface area contributed by atoms with Crippen LogP contribution in [0.2, 0.25) is 0 Å². The Morgan fingerprint density at radius 3 is 2.30 bits per heavy atom. The zero-order valence-corrected chi connectivity index (χ0v) is 13.7. The molecule has 6 nitrogen and oxygen atoms in total. The average Bonchev–Trinajstić information content (AvgIpc) is 2.52. The monoisotopic (exact) mass is 315 g/mol.